The van der Waals surface area contributed by atoms with Crippen molar-refractivity contribution in [3.8, 4) is 34.3 Å². The third-order valence-electron chi connectivity index (χ3n) is 5.04. The van der Waals surface area contributed by atoms with Crippen LogP contribution in [0.4, 0.5) is 5.13 Å². The van der Waals surface area contributed by atoms with Crippen LogP contribution in [0.2, 0.25) is 0 Å². The third kappa shape index (κ3) is 4.21. The van der Waals surface area contributed by atoms with Crippen LogP contribution >= 0.6 is 11.3 Å². The van der Waals surface area contributed by atoms with E-state index in [1.54, 1.807) is 24.3 Å². The Labute approximate surface area is 187 Å². The minimum atomic E-state index is -0.690. The second-order valence-electron chi connectivity index (χ2n) is 7.23. The summed E-state index contributed by atoms with van der Waals surface area (Å²) in [5, 5.41) is 41.6. The molecule has 5 N–H and O–H groups in total. The first-order chi connectivity index (χ1) is 15.3. The molecule has 0 fully saturated rings. The van der Waals surface area contributed by atoms with Gasteiger partial charge in [-0.15, -0.1) is 11.3 Å². The predicted octanol–water partition coefficient (Wildman–Crippen LogP) is 5.04. The number of benzene rings is 3. The summed E-state index contributed by atoms with van der Waals surface area (Å²) in [4.78, 5) is 18.2. The Morgan fingerprint density at radius 3 is 2.19 bits per heavy atom. The lowest BCUT2D eigenvalue weighted by Crippen LogP contribution is -2.11. The minimum absolute atomic E-state index is 0.00934. The maximum absolute atomic E-state index is 12.7. The number of amides is 1. The number of carbonyl (C=O) groups is 1. The van der Waals surface area contributed by atoms with E-state index < -0.39 is 23.2 Å². The quantitative estimate of drug-likeness (QED) is 0.273. The van der Waals surface area contributed by atoms with Crippen molar-refractivity contribution < 1.29 is 25.2 Å². The van der Waals surface area contributed by atoms with Gasteiger partial charge in [0.1, 0.15) is 5.75 Å². The molecule has 1 unspecified atom stereocenters. The molecule has 32 heavy (non-hydrogen) atoms. The van der Waals surface area contributed by atoms with Gasteiger partial charge < -0.3 is 20.4 Å². The van der Waals surface area contributed by atoms with Gasteiger partial charge in [-0.05, 0) is 42.0 Å². The zero-order valence-electron chi connectivity index (χ0n) is 17.0. The van der Waals surface area contributed by atoms with Crippen LogP contribution in [0.5, 0.6) is 23.0 Å². The van der Waals surface area contributed by atoms with Crippen LogP contribution in [0.1, 0.15) is 33.6 Å². The maximum atomic E-state index is 12.7. The topological polar surface area (TPSA) is 123 Å². The third-order valence-corrected chi connectivity index (χ3v) is 6.19. The predicted molar refractivity (Wildman–Crippen MR) is 123 cm³/mol. The Bertz CT molecular complexity index is 1250. The van der Waals surface area contributed by atoms with E-state index in [1.165, 1.54) is 11.3 Å². The average Bonchev–Trinajstić information content (AvgIpc) is 3.21. The Morgan fingerprint density at radius 1 is 0.938 bits per heavy atom. The summed E-state index contributed by atoms with van der Waals surface area (Å²) in [6, 6.07) is 18.7. The molecule has 0 aliphatic heterocycles. The van der Waals surface area contributed by atoms with Crippen molar-refractivity contribution in [1.29, 1.82) is 0 Å². The Kier molecular flexibility index (Phi) is 5.70. The van der Waals surface area contributed by atoms with Crippen molar-refractivity contribution in [2.75, 3.05) is 5.32 Å². The molecule has 8 heteroatoms. The van der Waals surface area contributed by atoms with Crippen molar-refractivity contribution in [3.05, 3.63) is 82.7 Å². The molecule has 0 radical (unpaired) electrons. The second-order valence-corrected chi connectivity index (χ2v) is 8.26. The van der Waals surface area contributed by atoms with Crippen molar-refractivity contribution in [2.24, 2.45) is 0 Å². The van der Waals surface area contributed by atoms with Gasteiger partial charge in [0.25, 0.3) is 5.91 Å². The van der Waals surface area contributed by atoms with E-state index in [4.69, 9.17) is 0 Å². The monoisotopic (exact) mass is 448 g/mol. The molecule has 0 saturated carbocycles. The molecule has 1 atom stereocenters. The van der Waals surface area contributed by atoms with E-state index in [2.05, 4.69) is 17.2 Å². The number of nitrogens with zero attached hydrogens (tertiary/aromatic N) is 1. The van der Waals surface area contributed by atoms with Crippen molar-refractivity contribution in [2.45, 2.75) is 12.8 Å². The highest BCUT2D eigenvalue weighted by Crippen LogP contribution is 2.40. The van der Waals surface area contributed by atoms with Gasteiger partial charge in [-0.3, -0.25) is 10.1 Å². The fourth-order valence-electron chi connectivity index (χ4n) is 3.30. The molecule has 0 saturated heterocycles. The first-order valence-electron chi connectivity index (χ1n) is 9.75. The van der Waals surface area contributed by atoms with Gasteiger partial charge in [-0.2, -0.15) is 0 Å². The van der Waals surface area contributed by atoms with Crippen molar-refractivity contribution in [3.63, 3.8) is 0 Å². The van der Waals surface area contributed by atoms with Crippen LogP contribution < -0.4 is 5.32 Å². The SMILES string of the molecule is CC(c1ccccc1)c1sc(NC(=O)c2cc(O)c(O)c(O)c2)nc1-c1ccc(O)cc1. The lowest BCUT2D eigenvalue weighted by atomic mass is 9.96. The van der Waals surface area contributed by atoms with Crippen molar-refractivity contribution >= 4 is 22.4 Å². The number of aromatic hydroxyl groups is 4. The van der Waals surface area contributed by atoms with Gasteiger partial charge >= 0.3 is 0 Å². The van der Waals surface area contributed by atoms with E-state index >= 15 is 0 Å². The largest absolute Gasteiger partial charge is 0.508 e. The maximum Gasteiger partial charge on any atom is 0.257 e. The fraction of sp³-hybridized carbons (Fsp3) is 0.0833. The van der Waals surface area contributed by atoms with E-state index in [9.17, 15) is 25.2 Å². The Hall–Kier alpha value is -4.04. The Morgan fingerprint density at radius 2 is 1.56 bits per heavy atom. The minimum Gasteiger partial charge on any atom is -0.508 e. The van der Waals surface area contributed by atoms with Crippen molar-refractivity contribution in [1.82, 2.24) is 4.98 Å². The highest BCUT2D eigenvalue weighted by molar-refractivity contribution is 7.16. The molecule has 0 aliphatic carbocycles. The van der Waals surface area contributed by atoms with Gasteiger partial charge in [0.2, 0.25) is 0 Å². The summed E-state index contributed by atoms with van der Waals surface area (Å²) >= 11 is 1.32. The molecule has 162 valence electrons. The zero-order valence-corrected chi connectivity index (χ0v) is 17.8. The average molecular weight is 449 g/mol. The van der Waals surface area contributed by atoms with Crippen LogP contribution in [0.25, 0.3) is 11.3 Å². The van der Waals surface area contributed by atoms with Gasteiger partial charge in [0.05, 0.1) is 5.69 Å². The van der Waals surface area contributed by atoms with Gasteiger partial charge in [0.15, 0.2) is 22.4 Å². The van der Waals surface area contributed by atoms with E-state index in [1.807, 2.05) is 30.3 Å². The molecule has 4 rings (SSSR count). The first-order valence-corrected chi connectivity index (χ1v) is 10.6. The van der Waals surface area contributed by atoms with Crippen LogP contribution in [-0.2, 0) is 0 Å². The number of phenolic OH excluding ortho intramolecular Hbond substituents is 4. The number of hydrogen-bond donors (Lipinski definition) is 5. The molecule has 1 amide bonds. The molecule has 0 spiro atoms. The number of rotatable bonds is 5. The number of phenols is 4. The lowest BCUT2D eigenvalue weighted by Gasteiger charge is -2.12. The smallest absolute Gasteiger partial charge is 0.257 e. The summed E-state index contributed by atoms with van der Waals surface area (Å²) in [6.45, 7) is 2.05. The molecule has 3 aromatic carbocycles. The fourth-order valence-corrected chi connectivity index (χ4v) is 4.36. The van der Waals surface area contributed by atoms with Gasteiger partial charge in [-0.25, -0.2) is 4.98 Å². The first kappa shape index (κ1) is 21.2. The van der Waals surface area contributed by atoms with Crippen LogP contribution in [0.3, 0.4) is 0 Å². The highest BCUT2D eigenvalue weighted by atomic mass is 32.1. The number of aromatic nitrogens is 1. The number of anilines is 1. The molecular formula is C24H20N2O5S. The molecule has 1 heterocycles. The summed E-state index contributed by atoms with van der Waals surface area (Å²) in [6.07, 6.45) is 0. The van der Waals surface area contributed by atoms with E-state index in [0.29, 0.717) is 10.8 Å². The molecule has 0 bridgehead atoms. The zero-order chi connectivity index (χ0) is 22.8. The number of thiazole rings is 1. The van der Waals surface area contributed by atoms with Crippen LogP contribution in [0, 0.1) is 0 Å². The number of nitrogens with one attached hydrogen (secondary N) is 1. The lowest BCUT2D eigenvalue weighted by molar-refractivity contribution is 0.102. The normalized spacial score (nSPS) is 11.8. The summed E-state index contributed by atoms with van der Waals surface area (Å²) in [5.41, 5.74) is 2.52. The molecule has 7 nitrogen and oxygen atoms in total. The molecular weight excluding hydrogens is 428 g/mol. The Balaban J connectivity index is 1.72. The second kappa shape index (κ2) is 8.60. The van der Waals surface area contributed by atoms with Crippen LogP contribution in [-0.4, -0.2) is 31.3 Å². The van der Waals surface area contributed by atoms with Gasteiger partial charge in [0, 0.05) is 21.9 Å². The molecule has 0 aliphatic rings. The number of hydrogen-bond acceptors (Lipinski definition) is 7. The highest BCUT2D eigenvalue weighted by Gasteiger charge is 2.22. The standard InChI is InChI=1S/C24H20N2O5S/c1-13(14-5-3-2-4-6-14)22-20(15-7-9-17(27)10-8-15)25-24(32-22)26-23(31)16-11-18(28)21(30)19(29)12-16/h2-13,27-30H,1H3,(H,25,26,31). The summed E-state index contributed by atoms with van der Waals surface area (Å²) < 4.78 is 0. The summed E-state index contributed by atoms with van der Waals surface area (Å²) in [5.74, 6) is -2.35. The van der Waals surface area contributed by atoms with Crippen LogP contribution in [0.15, 0.2) is 66.7 Å². The number of carbonyl (C=O) groups excluding carboxylic acids is 1. The summed E-state index contributed by atoms with van der Waals surface area (Å²) in [7, 11) is 0. The van der Waals surface area contributed by atoms with Gasteiger partial charge in [-0.1, -0.05) is 37.3 Å². The van der Waals surface area contributed by atoms with E-state index in [-0.39, 0.29) is 17.2 Å². The molecule has 4 aromatic rings. The molecule has 1 aromatic heterocycles. The van der Waals surface area contributed by atoms with E-state index in [0.717, 1.165) is 28.1 Å².